The van der Waals surface area contributed by atoms with Gasteiger partial charge in [0.15, 0.2) is 0 Å². The summed E-state index contributed by atoms with van der Waals surface area (Å²) >= 11 is 0. The van der Waals surface area contributed by atoms with Crippen molar-refractivity contribution in [3.8, 4) is 11.5 Å². The molecule has 2 aromatic carbocycles. The molecule has 0 saturated heterocycles. The van der Waals surface area contributed by atoms with Gasteiger partial charge in [-0.15, -0.1) is 0 Å². The Morgan fingerprint density at radius 3 is 2.06 bits per heavy atom. The van der Waals surface area contributed by atoms with Gasteiger partial charge in [-0.25, -0.2) is 4.79 Å². The van der Waals surface area contributed by atoms with Crippen LogP contribution in [0, 0.1) is 5.92 Å². The summed E-state index contributed by atoms with van der Waals surface area (Å²) in [5, 5.41) is 0. The molecular weight excluding hydrogens is 436 g/mol. The molecule has 0 bridgehead atoms. The van der Waals surface area contributed by atoms with Gasteiger partial charge >= 0.3 is 5.97 Å². The summed E-state index contributed by atoms with van der Waals surface area (Å²) in [4.78, 5) is 12.6. The summed E-state index contributed by atoms with van der Waals surface area (Å²) in [6, 6.07) is 15.2. The van der Waals surface area contributed by atoms with Crippen LogP contribution >= 0.6 is 0 Å². The quantitative estimate of drug-likeness (QED) is 0.122. The fraction of sp³-hybridized carbons (Fsp3) is 0.581. The van der Waals surface area contributed by atoms with E-state index in [1.54, 1.807) is 12.1 Å². The van der Waals surface area contributed by atoms with Crippen molar-refractivity contribution in [3.63, 3.8) is 0 Å². The molecule has 1 aliphatic carbocycles. The average Bonchev–Trinajstić information content (AvgIpc) is 3.66. The lowest BCUT2D eigenvalue weighted by Gasteiger charge is -2.08. The van der Waals surface area contributed by atoms with Crippen LogP contribution in [-0.2, 0) is 4.74 Å². The number of rotatable bonds is 18. The molecular formula is C31H44O4. The van der Waals surface area contributed by atoms with Gasteiger partial charge in [-0.05, 0) is 73.1 Å². The minimum atomic E-state index is -0.333. The van der Waals surface area contributed by atoms with Crippen LogP contribution in [0.4, 0.5) is 0 Å². The fourth-order valence-corrected chi connectivity index (χ4v) is 4.41. The largest absolute Gasteiger partial charge is 0.494 e. The molecule has 192 valence electrons. The van der Waals surface area contributed by atoms with Gasteiger partial charge in [0, 0.05) is 13.2 Å². The first-order chi connectivity index (χ1) is 17.2. The van der Waals surface area contributed by atoms with Crippen LogP contribution in [0.3, 0.4) is 0 Å². The molecule has 0 aromatic heterocycles. The van der Waals surface area contributed by atoms with E-state index in [0.29, 0.717) is 23.1 Å². The molecule has 3 rings (SSSR count). The molecule has 0 amide bonds. The SMILES string of the molecule is CCCCCCCCOc1ccc(OC(=O)c2ccc([C@H]3C[C@@H]3COCCCCCC)cc2)cc1. The van der Waals surface area contributed by atoms with E-state index >= 15 is 0 Å². The van der Waals surface area contributed by atoms with Gasteiger partial charge < -0.3 is 14.2 Å². The van der Waals surface area contributed by atoms with Gasteiger partial charge in [-0.3, -0.25) is 0 Å². The normalized spacial score (nSPS) is 16.7. The Bertz CT molecular complexity index is 843. The lowest BCUT2D eigenvalue weighted by atomic mass is 10.1. The summed E-state index contributed by atoms with van der Waals surface area (Å²) < 4.78 is 17.2. The Labute approximate surface area is 212 Å². The molecule has 1 fully saturated rings. The van der Waals surface area contributed by atoms with Crippen molar-refractivity contribution in [3.05, 3.63) is 59.7 Å². The zero-order valence-electron chi connectivity index (χ0n) is 21.8. The van der Waals surface area contributed by atoms with E-state index in [9.17, 15) is 4.79 Å². The van der Waals surface area contributed by atoms with Crippen LogP contribution < -0.4 is 9.47 Å². The Morgan fingerprint density at radius 2 is 1.34 bits per heavy atom. The Hall–Kier alpha value is -2.33. The van der Waals surface area contributed by atoms with Crippen molar-refractivity contribution >= 4 is 5.97 Å². The van der Waals surface area contributed by atoms with E-state index in [0.717, 1.165) is 38.4 Å². The summed E-state index contributed by atoms with van der Waals surface area (Å²) in [5.74, 6) is 2.18. The third-order valence-electron chi connectivity index (χ3n) is 6.77. The predicted octanol–water partition coefficient (Wildman–Crippen LogP) is 8.35. The first-order valence-corrected chi connectivity index (χ1v) is 13.8. The van der Waals surface area contributed by atoms with Crippen molar-refractivity contribution in [2.75, 3.05) is 19.8 Å². The Morgan fingerprint density at radius 1 is 0.743 bits per heavy atom. The highest BCUT2D eigenvalue weighted by Crippen LogP contribution is 2.47. The lowest BCUT2D eigenvalue weighted by Crippen LogP contribution is -2.08. The number of ether oxygens (including phenoxy) is 3. The third-order valence-corrected chi connectivity index (χ3v) is 6.77. The molecule has 0 N–H and O–H groups in total. The van der Waals surface area contributed by atoms with Crippen molar-refractivity contribution in [1.29, 1.82) is 0 Å². The second-order valence-electron chi connectivity index (χ2n) is 9.84. The van der Waals surface area contributed by atoms with E-state index in [1.807, 2.05) is 24.3 Å². The van der Waals surface area contributed by atoms with Crippen LogP contribution in [0.15, 0.2) is 48.5 Å². The van der Waals surface area contributed by atoms with Gasteiger partial charge in [0.1, 0.15) is 11.5 Å². The van der Waals surface area contributed by atoms with E-state index < -0.39 is 0 Å². The smallest absolute Gasteiger partial charge is 0.343 e. The lowest BCUT2D eigenvalue weighted by molar-refractivity contribution is 0.0734. The predicted molar refractivity (Wildman–Crippen MR) is 143 cm³/mol. The summed E-state index contributed by atoms with van der Waals surface area (Å²) in [6.45, 7) is 6.91. The average molecular weight is 481 g/mol. The number of hydrogen-bond acceptors (Lipinski definition) is 4. The van der Waals surface area contributed by atoms with Gasteiger partial charge in [0.05, 0.1) is 12.2 Å². The molecule has 35 heavy (non-hydrogen) atoms. The number of benzene rings is 2. The van der Waals surface area contributed by atoms with Crippen LogP contribution in [-0.4, -0.2) is 25.8 Å². The maximum Gasteiger partial charge on any atom is 0.343 e. The monoisotopic (exact) mass is 480 g/mol. The number of carbonyl (C=O) groups is 1. The standard InChI is InChI=1S/C31H44O4/c1-3-5-7-9-10-12-22-34-28-17-19-29(20-18-28)35-31(32)26-15-13-25(14-16-26)30-23-27(30)24-33-21-11-8-6-4-2/h13-20,27,30H,3-12,21-24H2,1-2H3/t27-,30-/m1/s1. The molecule has 2 atom stereocenters. The highest BCUT2D eigenvalue weighted by Gasteiger charge is 2.38. The molecule has 0 aliphatic heterocycles. The van der Waals surface area contributed by atoms with E-state index in [4.69, 9.17) is 14.2 Å². The summed E-state index contributed by atoms with van der Waals surface area (Å²) in [7, 11) is 0. The molecule has 0 unspecified atom stereocenters. The first kappa shape index (κ1) is 27.3. The van der Waals surface area contributed by atoms with Crippen LogP contribution in [0.1, 0.15) is 106 Å². The van der Waals surface area contributed by atoms with Crippen molar-refractivity contribution in [2.24, 2.45) is 5.92 Å². The Kier molecular flexibility index (Phi) is 12.2. The highest BCUT2D eigenvalue weighted by atomic mass is 16.5. The van der Waals surface area contributed by atoms with Gasteiger partial charge in [0.25, 0.3) is 0 Å². The molecule has 1 saturated carbocycles. The molecule has 2 aromatic rings. The first-order valence-electron chi connectivity index (χ1n) is 13.8. The van der Waals surface area contributed by atoms with Gasteiger partial charge in [-0.2, -0.15) is 0 Å². The molecule has 1 aliphatic rings. The number of esters is 1. The number of hydrogen-bond donors (Lipinski definition) is 0. The van der Waals surface area contributed by atoms with Crippen molar-refractivity contribution < 1.29 is 19.0 Å². The zero-order chi connectivity index (χ0) is 24.7. The third kappa shape index (κ3) is 10.0. The molecule has 0 spiro atoms. The fourth-order valence-electron chi connectivity index (χ4n) is 4.41. The summed E-state index contributed by atoms with van der Waals surface area (Å²) in [6.07, 6.45) is 13.6. The maximum absolute atomic E-state index is 12.6. The second kappa shape index (κ2) is 15.6. The van der Waals surface area contributed by atoms with Crippen LogP contribution in [0.2, 0.25) is 0 Å². The van der Waals surface area contributed by atoms with E-state index in [1.165, 1.54) is 63.4 Å². The zero-order valence-corrected chi connectivity index (χ0v) is 21.8. The van der Waals surface area contributed by atoms with Gasteiger partial charge in [0.2, 0.25) is 0 Å². The molecule has 4 nitrogen and oxygen atoms in total. The topological polar surface area (TPSA) is 44.8 Å². The highest BCUT2D eigenvalue weighted by molar-refractivity contribution is 5.91. The van der Waals surface area contributed by atoms with Crippen LogP contribution in [0.5, 0.6) is 11.5 Å². The molecule has 4 heteroatoms. The van der Waals surface area contributed by atoms with Crippen molar-refractivity contribution in [2.45, 2.75) is 90.4 Å². The molecule has 0 heterocycles. The van der Waals surface area contributed by atoms with Crippen molar-refractivity contribution in [1.82, 2.24) is 0 Å². The minimum absolute atomic E-state index is 0.333. The van der Waals surface area contributed by atoms with Gasteiger partial charge in [-0.1, -0.05) is 77.3 Å². The number of unbranched alkanes of at least 4 members (excludes halogenated alkanes) is 8. The van der Waals surface area contributed by atoms with Crippen LogP contribution in [0.25, 0.3) is 0 Å². The van der Waals surface area contributed by atoms with E-state index in [-0.39, 0.29) is 5.97 Å². The second-order valence-corrected chi connectivity index (χ2v) is 9.84. The summed E-state index contributed by atoms with van der Waals surface area (Å²) in [5.41, 5.74) is 1.86. The van der Waals surface area contributed by atoms with E-state index in [2.05, 4.69) is 26.0 Å². The Balaban J connectivity index is 1.33. The minimum Gasteiger partial charge on any atom is -0.494 e. The maximum atomic E-state index is 12.6. The molecule has 0 radical (unpaired) electrons. The number of carbonyl (C=O) groups excluding carboxylic acids is 1.